The molecule has 0 amide bonds. The van der Waals surface area contributed by atoms with Gasteiger partial charge in [0.15, 0.2) is 0 Å². The van der Waals surface area contributed by atoms with Crippen LogP contribution in [-0.4, -0.2) is 48.4 Å². The minimum atomic E-state index is -0.364. The van der Waals surface area contributed by atoms with E-state index in [0.717, 1.165) is 19.4 Å². The van der Waals surface area contributed by atoms with Gasteiger partial charge in [0.1, 0.15) is 25.4 Å². The van der Waals surface area contributed by atoms with Gasteiger partial charge in [0.05, 0.1) is 5.60 Å². The molecule has 134 valence electrons. The van der Waals surface area contributed by atoms with Gasteiger partial charge in [-0.2, -0.15) is 0 Å². The Morgan fingerprint density at radius 2 is 1.83 bits per heavy atom. The Hall–Kier alpha value is -1.47. The molecule has 1 fully saturated rings. The lowest BCUT2D eigenvalue weighted by atomic mass is 9.96. The predicted molar refractivity (Wildman–Crippen MR) is 89.7 cm³/mol. The van der Waals surface area contributed by atoms with Crippen LogP contribution in [0.3, 0.4) is 0 Å². The van der Waals surface area contributed by atoms with Gasteiger partial charge in [0, 0.05) is 12.0 Å². The first-order chi connectivity index (χ1) is 10.5. The number of carbonyl (C=O) groups excluding carboxylic acids is 2. The molecule has 0 aromatic carbocycles. The number of carbonyl (C=O) groups is 2. The summed E-state index contributed by atoms with van der Waals surface area (Å²) in [5, 5.41) is 3.76. The van der Waals surface area contributed by atoms with Crippen LogP contribution in [0.2, 0.25) is 0 Å². The highest BCUT2D eigenvalue weighted by Crippen LogP contribution is 2.20. The molecule has 1 heterocycles. The van der Waals surface area contributed by atoms with Crippen LogP contribution >= 0.6 is 0 Å². The lowest BCUT2D eigenvalue weighted by Crippen LogP contribution is -2.40. The largest absolute Gasteiger partial charge is 0.384 e. The molecule has 1 rings (SSSR count). The van der Waals surface area contributed by atoms with Crippen molar-refractivity contribution < 1.29 is 19.2 Å². The molecule has 23 heavy (non-hydrogen) atoms. The van der Waals surface area contributed by atoms with Crippen LogP contribution in [0, 0.1) is 5.41 Å². The zero-order valence-corrected chi connectivity index (χ0v) is 15.2. The molecule has 1 aliphatic rings. The fourth-order valence-corrected chi connectivity index (χ4v) is 1.82. The topological polar surface area (TPSA) is 94.2 Å². The molecule has 1 atom stereocenters. The monoisotopic (exact) mass is 329 g/mol. The summed E-state index contributed by atoms with van der Waals surface area (Å²) in [6.45, 7) is 15.0. The van der Waals surface area contributed by atoms with Crippen molar-refractivity contribution in [2.75, 3.05) is 13.3 Å². The van der Waals surface area contributed by atoms with E-state index in [-0.39, 0.29) is 23.0 Å². The Bertz CT molecular complexity index is 411. The molecule has 0 spiro atoms. The van der Waals surface area contributed by atoms with Gasteiger partial charge in [0.2, 0.25) is 0 Å². The first-order valence-electron chi connectivity index (χ1n) is 7.72. The van der Waals surface area contributed by atoms with Crippen LogP contribution in [0.25, 0.3) is 0 Å². The van der Waals surface area contributed by atoms with E-state index < -0.39 is 0 Å². The molecule has 0 bridgehead atoms. The number of oxime groups is 1. The minimum Gasteiger partial charge on any atom is -0.384 e. The van der Waals surface area contributed by atoms with E-state index in [4.69, 9.17) is 20.1 Å². The van der Waals surface area contributed by atoms with Crippen molar-refractivity contribution in [3.05, 3.63) is 0 Å². The van der Waals surface area contributed by atoms with E-state index in [2.05, 4.69) is 5.16 Å². The molecule has 1 aliphatic heterocycles. The predicted octanol–water partition coefficient (Wildman–Crippen LogP) is 1.90. The summed E-state index contributed by atoms with van der Waals surface area (Å²) < 4.78 is 5.73. The summed E-state index contributed by atoms with van der Waals surface area (Å²) in [6, 6.07) is -0.302. The smallest absolute Gasteiger partial charge is 0.352 e. The average Bonchev–Trinajstić information content (AvgIpc) is 2.91. The normalized spacial score (nSPS) is 19.9. The molecule has 1 saturated heterocycles. The van der Waals surface area contributed by atoms with E-state index in [1.807, 2.05) is 53.2 Å². The number of nitrogens with zero attached hydrogens (tertiary/aromatic N) is 2. The van der Waals surface area contributed by atoms with Gasteiger partial charge in [-0.05, 0) is 33.6 Å². The molecule has 7 nitrogen and oxygen atoms in total. The molecule has 7 heteroatoms. The summed E-state index contributed by atoms with van der Waals surface area (Å²) in [4.78, 5) is 27.1. The van der Waals surface area contributed by atoms with E-state index >= 15 is 0 Å². The number of hydrogen-bond donors (Lipinski definition) is 1. The lowest BCUT2D eigenvalue weighted by Gasteiger charge is -2.27. The number of nitrogens with two attached hydrogens (primary N) is 1. The number of ether oxygens (including phenoxy) is 1. The van der Waals surface area contributed by atoms with Gasteiger partial charge < -0.3 is 20.1 Å². The van der Waals surface area contributed by atoms with Crippen molar-refractivity contribution in [2.24, 2.45) is 16.3 Å². The first-order valence-corrected chi connectivity index (χ1v) is 7.72. The highest BCUT2D eigenvalue weighted by molar-refractivity contribution is 5.86. The maximum atomic E-state index is 12.1. The Labute approximate surface area is 139 Å². The van der Waals surface area contributed by atoms with Crippen LogP contribution in [-0.2, 0) is 19.2 Å². The Morgan fingerprint density at radius 3 is 2.30 bits per heavy atom. The highest BCUT2D eigenvalue weighted by atomic mass is 16.7. The summed E-state index contributed by atoms with van der Waals surface area (Å²) in [7, 11) is 0. The Balaban J connectivity index is 0.00000232. The molecule has 2 N–H and O–H groups in total. The van der Waals surface area contributed by atoms with Crippen molar-refractivity contribution in [3.8, 4) is 0 Å². The quantitative estimate of drug-likeness (QED) is 0.366. The van der Waals surface area contributed by atoms with E-state index in [9.17, 15) is 4.79 Å². The van der Waals surface area contributed by atoms with Gasteiger partial charge in [-0.3, -0.25) is 4.90 Å². The van der Waals surface area contributed by atoms with Crippen LogP contribution in [0.1, 0.15) is 54.4 Å². The van der Waals surface area contributed by atoms with Gasteiger partial charge in [0.25, 0.3) is 0 Å². The molecule has 0 aliphatic carbocycles. The van der Waals surface area contributed by atoms with Gasteiger partial charge >= 0.3 is 5.97 Å². The average molecular weight is 329 g/mol. The van der Waals surface area contributed by atoms with E-state index in [1.54, 1.807) is 0 Å². The maximum absolute atomic E-state index is 12.1. The SMILES string of the molecule is C=O.CC(C)(C)OCN1CCC[C@H]1C(=O)O/N=C(\N)C(C)(C)C. The molecular weight excluding hydrogens is 298 g/mol. The molecule has 0 aromatic rings. The molecular formula is C16H31N3O4. The number of likely N-dealkylation sites (tertiary alicyclic amines) is 1. The number of amidine groups is 1. The summed E-state index contributed by atoms with van der Waals surface area (Å²) >= 11 is 0. The molecule has 0 radical (unpaired) electrons. The second kappa shape index (κ2) is 8.98. The van der Waals surface area contributed by atoms with Crippen molar-refractivity contribution in [1.82, 2.24) is 4.90 Å². The second-order valence-corrected chi connectivity index (χ2v) is 7.49. The fraction of sp³-hybridized carbons (Fsp3) is 0.812. The van der Waals surface area contributed by atoms with Crippen molar-refractivity contribution in [2.45, 2.75) is 66.0 Å². The van der Waals surface area contributed by atoms with Crippen LogP contribution in [0.5, 0.6) is 0 Å². The number of rotatable bonds is 4. The standard InChI is InChI=1S/C15H29N3O3.CH2O/c1-14(2,3)13(16)17-21-12(19)11-8-7-9-18(11)10-20-15(4,5)6;1-2/h11H,7-10H2,1-6H3,(H2,16,17);1H2/t11-;/m0./s1. The van der Waals surface area contributed by atoms with Crippen LogP contribution < -0.4 is 5.73 Å². The molecule has 0 unspecified atom stereocenters. The molecule has 0 aromatic heterocycles. The Morgan fingerprint density at radius 1 is 1.26 bits per heavy atom. The maximum Gasteiger partial charge on any atom is 0.352 e. The summed E-state index contributed by atoms with van der Waals surface area (Å²) in [5.74, 6) is -0.0523. The summed E-state index contributed by atoms with van der Waals surface area (Å²) in [5.41, 5.74) is 5.24. The lowest BCUT2D eigenvalue weighted by molar-refractivity contribution is -0.153. The fourth-order valence-electron chi connectivity index (χ4n) is 1.82. The summed E-state index contributed by atoms with van der Waals surface area (Å²) in [6.07, 6.45) is 1.71. The Kier molecular flexibility index (Phi) is 8.41. The van der Waals surface area contributed by atoms with Crippen molar-refractivity contribution in [3.63, 3.8) is 0 Å². The van der Waals surface area contributed by atoms with Crippen molar-refractivity contribution >= 4 is 18.6 Å². The highest BCUT2D eigenvalue weighted by Gasteiger charge is 2.33. The van der Waals surface area contributed by atoms with Crippen molar-refractivity contribution in [1.29, 1.82) is 0 Å². The zero-order valence-electron chi connectivity index (χ0n) is 15.2. The third kappa shape index (κ3) is 8.08. The van der Waals surface area contributed by atoms with Crippen LogP contribution in [0.4, 0.5) is 0 Å². The third-order valence-corrected chi connectivity index (χ3v) is 3.30. The van der Waals surface area contributed by atoms with Gasteiger partial charge in [-0.1, -0.05) is 25.9 Å². The number of hydrogen-bond acceptors (Lipinski definition) is 6. The van der Waals surface area contributed by atoms with Crippen LogP contribution in [0.15, 0.2) is 5.16 Å². The van der Waals surface area contributed by atoms with E-state index in [1.165, 1.54) is 0 Å². The third-order valence-electron chi connectivity index (χ3n) is 3.30. The minimum absolute atomic E-state index is 0.230. The van der Waals surface area contributed by atoms with Gasteiger partial charge in [-0.25, -0.2) is 4.79 Å². The molecule has 0 saturated carbocycles. The first kappa shape index (κ1) is 21.5. The van der Waals surface area contributed by atoms with E-state index in [0.29, 0.717) is 12.6 Å². The zero-order chi connectivity index (χ0) is 18.3. The second-order valence-electron chi connectivity index (χ2n) is 7.49. The van der Waals surface area contributed by atoms with Gasteiger partial charge in [-0.15, -0.1) is 0 Å².